The lowest BCUT2D eigenvalue weighted by Gasteiger charge is -2.37. The molecule has 1 aliphatic carbocycles. The van der Waals surface area contributed by atoms with Crippen molar-refractivity contribution >= 4 is 5.91 Å². The third-order valence-corrected chi connectivity index (χ3v) is 4.25. The molecule has 0 aromatic carbocycles. The molecule has 1 N–H and O–H groups in total. The Hall–Kier alpha value is -0.570. The zero-order chi connectivity index (χ0) is 12.1. The van der Waals surface area contributed by atoms with E-state index >= 15 is 0 Å². The van der Waals surface area contributed by atoms with Gasteiger partial charge in [0, 0.05) is 12.6 Å². The van der Waals surface area contributed by atoms with Crippen LogP contribution in [0.25, 0.3) is 0 Å². The minimum absolute atomic E-state index is 0.102. The maximum atomic E-state index is 12.5. The van der Waals surface area contributed by atoms with Crippen LogP contribution in [-0.4, -0.2) is 36.0 Å². The van der Waals surface area contributed by atoms with Crippen LogP contribution in [-0.2, 0) is 4.79 Å². The Morgan fingerprint density at radius 1 is 1.12 bits per heavy atom. The first-order valence-electron chi connectivity index (χ1n) is 7.36. The average molecular weight is 238 g/mol. The number of nitrogens with zero attached hydrogens (tertiary/aromatic N) is 1. The van der Waals surface area contributed by atoms with Crippen molar-refractivity contribution in [3.05, 3.63) is 0 Å². The van der Waals surface area contributed by atoms with Gasteiger partial charge in [0.1, 0.15) is 0 Å². The van der Waals surface area contributed by atoms with E-state index in [-0.39, 0.29) is 6.04 Å². The van der Waals surface area contributed by atoms with E-state index in [1.54, 1.807) is 0 Å². The van der Waals surface area contributed by atoms with E-state index in [0.29, 0.717) is 11.9 Å². The van der Waals surface area contributed by atoms with Gasteiger partial charge in [-0.15, -0.1) is 0 Å². The summed E-state index contributed by atoms with van der Waals surface area (Å²) in [6.45, 7) is 4.01. The molecule has 1 heterocycles. The second-order valence-corrected chi connectivity index (χ2v) is 5.42. The van der Waals surface area contributed by atoms with Crippen molar-refractivity contribution in [2.45, 2.75) is 70.4 Å². The molecular weight excluding hydrogens is 212 g/mol. The summed E-state index contributed by atoms with van der Waals surface area (Å²) in [4.78, 5) is 14.6. The minimum atomic E-state index is 0.102. The third kappa shape index (κ3) is 3.21. The maximum absolute atomic E-state index is 12.5. The molecule has 0 unspecified atom stereocenters. The van der Waals surface area contributed by atoms with Crippen molar-refractivity contribution in [2.75, 3.05) is 13.1 Å². The van der Waals surface area contributed by atoms with Crippen LogP contribution in [0.1, 0.15) is 58.3 Å². The van der Waals surface area contributed by atoms with Gasteiger partial charge in [0.15, 0.2) is 0 Å². The first-order valence-corrected chi connectivity index (χ1v) is 7.36. The molecule has 1 saturated carbocycles. The molecule has 0 aromatic rings. The molecule has 3 heteroatoms. The van der Waals surface area contributed by atoms with Gasteiger partial charge in [0.25, 0.3) is 0 Å². The highest BCUT2D eigenvalue weighted by Gasteiger charge is 2.29. The maximum Gasteiger partial charge on any atom is 0.239 e. The molecule has 1 aliphatic heterocycles. The van der Waals surface area contributed by atoms with E-state index in [4.69, 9.17) is 0 Å². The lowest BCUT2D eigenvalue weighted by molar-refractivity contribution is -0.136. The van der Waals surface area contributed by atoms with Crippen LogP contribution in [0.15, 0.2) is 0 Å². The second-order valence-electron chi connectivity index (χ2n) is 5.42. The van der Waals surface area contributed by atoms with Crippen LogP contribution in [0.3, 0.4) is 0 Å². The summed E-state index contributed by atoms with van der Waals surface area (Å²) in [5.41, 5.74) is 0. The Bertz CT molecular complexity index is 243. The highest BCUT2D eigenvalue weighted by Crippen LogP contribution is 2.23. The fourth-order valence-electron chi connectivity index (χ4n) is 3.25. The summed E-state index contributed by atoms with van der Waals surface area (Å²) >= 11 is 0. The van der Waals surface area contributed by atoms with Crippen LogP contribution in [0.2, 0.25) is 0 Å². The molecule has 1 amide bonds. The number of amides is 1. The van der Waals surface area contributed by atoms with Gasteiger partial charge in [0.2, 0.25) is 5.91 Å². The highest BCUT2D eigenvalue weighted by molar-refractivity contribution is 5.82. The highest BCUT2D eigenvalue weighted by atomic mass is 16.2. The number of hydrogen-bond donors (Lipinski definition) is 1. The van der Waals surface area contributed by atoms with E-state index in [1.807, 2.05) is 0 Å². The zero-order valence-electron chi connectivity index (χ0n) is 11.1. The minimum Gasteiger partial charge on any atom is -0.339 e. The van der Waals surface area contributed by atoms with Crippen LogP contribution in [0, 0.1) is 0 Å². The Labute approximate surface area is 105 Å². The zero-order valence-corrected chi connectivity index (χ0v) is 11.1. The van der Waals surface area contributed by atoms with Gasteiger partial charge in [0.05, 0.1) is 6.04 Å². The Balaban J connectivity index is 1.93. The van der Waals surface area contributed by atoms with Crippen molar-refractivity contribution in [1.29, 1.82) is 0 Å². The predicted molar refractivity (Wildman–Crippen MR) is 69.9 cm³/mol. The monoisotopic (exact) mass is 238 g/mol. The molecule has 2 fully saturated rings. The molecule has 3 nitrogen and oxygen atoms in total. The Morgan fingerprint density at radius 3 is 2.41 bits per heavy atom. The van der Waals surface area contributed by atoms with Crippen molar-refractivity contribution in [3.8, 4) is 0 Å². The Kier molecular flexibility index (Phi) is 4.84. The standard InChI is InChI=1S/C14H26N2O/c1-2-16(12-8-4-3-5-9-12)14(17)13-10-6-7-11-15-13/h12-13,15H,2-11H2,1H3/t13-/m1/s1. The molecule has 0 bridgehead atoms. The molecule has 17 heavy (non-hydrogen) atoms. The van der Waals surface area contributed by atoms with Gasteiger partial charge in [-0.05, 0) is 39.2 Å². The van der Waals surface area contributed by atoms with Crippen LogP contribution in [0.4, 0.5) is 0 Å². The first-order chi connectivity index (χ1) is 8.33. The molecule has 0 radical (unpaired) electrons. The van der Waals surface area contributed by atoms with E-state index in [1.165, 1.54) is 44.9 Å². The molecule has 1 atom stereocenters. The van der Waals surface area contributed by atoms with Crippen molar-refractivity contribution in [2.24, 2.45) is 0 Å². The molecule has 98 valence electrons. The van der Waals surface area contributed by atoms with E-state index < -0.39 is 0 Å². The normalized spacial score (nSPS) is 26.8. The third-order valence-electron chi connectivity index (χ3n) is 4.25. The fourth-order valence-corrected chi connectivity index (χ4v) is 3.25. The largest absolute Gasteiger partial charge is 0.339 e. The summed E-state index contributed by atoms with van der Waals surface area (Å²) in [5.74, 6) is 0.360. The Morgan fingerprint density at radius 2 is 1.82 bits per heavy atom. The number of rotatable bonds is 3. The molecule has 1 saturated heterocycles. The quantitative estimate of drug-likeness (QED) is 0.818. The van der Waals surface area contributed by atoms with Crippen molar-refractivity contribution < 1.29 is 4.79 Å². The molecule has 0 spiro atoms. The molecule has 0 aromatic heterocycles. The summed E-state index contributed by atoms with van der Waals surface area (Å²) in [5, 5.41) is 3.38. The number of carbonyl (C=O) groups excluding carboxylic acids is 1. The van der Waals surface area contributed by atoms with Crippen molar-refractivity contribution in [1.82, 2.24) is 10.2 Å². The van der Waals surface area contributed by atoms with Crippen LogP contribution >= 0.6 is 0 Å². The van der Waals surface area contributed by atoms with E-state index in [0.717, 1.165) is 19.5 Å². The predicted octanol–water partition coefficient (Wildman–Crippen LogP) is 2.31. The lowest BCUT2D eigenvalue weighted by Crippen LogP contribution is -2.52. The molecule has 2 aliphatic rings. The lowest BCUT2D eigenvalue weighted by atomic mass is 9.93. The van der Waals surface area contributed by atoms with Crippen molar-refractivity contribution in [3.63, 3.8) is 0 Å². The van der Waals surface area contributed by atoms with E-state index in [2.05, 4.69) is 17.1 Å². The van der Waals surface area contributed by atoms with Gasteiger partial charge in [-0.2, -0.15) is 0 Å². The smallest absolute Gasteiger partial charge is 0.239 e. The molecule has 2 rings (SSSR count). The summed E-state index contributed by atoms with van der Waals surface area (Å²) < 4.78 is 0. The average Bonchev–Trinajstić information content (AvgIpc) is 2.42. The summed E-state index contributed by atoms with van der Waals surface area (Å²) in [7, 11) is 0. The number of carbonyl (C=O) groups is 1. The van der Waals surface area contributed by atoms with Crippen LogP contribution < -0.4 is 5.32 Å². The number of likely N-dealkylation sites (N-methyl/N-ethyl adjacent to an activating group) is 1. The van der Waals surface area contributed by atoms with Gasteiger partial charge in [-0.1, -0.05) is 25.7 Å². The van der Waals surface area contributed by atoms with E-state index in [9.17, 15) is 4.79 Å². The van der Waals surface area contributed by atoms with Crippen LogP contribution in [0.5, 0.6) is 0 Å². The number of nitrogens with one attached hydrogen (secondary N) is 1. The second kappa shape index (κ2) is 6.39. The topological polar surface area (TPSA) is 32.3 Å². The number of hydrogen-bond acceptors (Lipinski definition) is 2. The number of piperidine rings is 1. The molecular formula is C14H26N2O. The summed E-state index contributed by atoms with van der Waals surface area (Å²) in [6.07, 6.45) is 9.83. The van der Waals surface area contributed by atoms with Gasteiger partial charge >= 0.3 is 0 Å². The SMILES string of the molecule is CCN(C(=O)[C@H]1CCCCN1)C1CCCCC1. The van der Waals surface area contributed by atoms with Gasteiger partial charge in [-0.25, -0.2) is 0 Å². The van der Waals surface area contributed by atoms with Gasteiger partial charge in [-0.3, -0.25) is 4.79 Å². The summed E-state index contributed by atoms with van der Waals surface area (Å²) in [6, 6.07) is 0.621. The fraction of sp³-hybridized carbons (Fsp3) is 0.929. The first kappa shape index (κ1) is 12.9. The van der Waals surface area contributed by atoms with Gasteiger partial charge < -0.3 is 10.2 Å².